The molecule has 4 unspecified atom stereocenters. The van der Waals surface area contributed by atoms with Gasteiger partial charge >= 0.3 is 0 Å². The van der Waals surface area contributed by atoms with Crippen molar-refractivity contribution in [1.82, 2.24) is 4.68 Å². The summed E-state index contributed by atoms with van der Waals surface area (Å²) in [4.78, 5) is 0. The van der Waals surface area contributed by atoms with Crippen molar-refractivity contribution in [3.05, 3.63) is 101 Å². The number of nitrogens with one attached hydrogen (secondary N) is 1. The average molecular weight is 601 g/mol. The first-order valence-electron chi connectivity index (χ1n) is 16.9. The summed E-state index contributed by atoms with van der Waals surface area (Å²) in [6, 6.07) is 20.0. The quantitative estimate of drug-likeness (QED) is 0.205. The van der Waals surface area contributed by atoms with E-state index in [1.54, 1.807) is 0 Å². The minimum absolute atomic E-state index is 0.119. The Balaban J connectivity index is 1.90. The second-order valence-corrected chi connectivity index (χ2v) is 15.0. The number of aromatic nitrogens is 1. The van der Waals surface area contributed by atoms with Gasteiger partial charge in [0, 0.05) is 6.20 Å². The van der Waals surface area contributed by atoms with E-state index in [1.165, 1.54) is 84.9 Å². The summed E-state index contributed by atoms with van der Waals surface area (Å²) in [5.41, 5.74) is 11.9. The highest BCUT2D eigenvalue weighted by Gasteiger charge is 2.20. The highest BCUT2D eigenvalue weighted by atomic mass is 32.1. The highest BCUT2D eigenvalue weighted by molar-refractivity contribution is 7.80. The topological polar surface area (TPSA) is 17.0 Å². The summed E-state index contributed by atoms with van der Waals surface area (Å²) < 4.78 is 2.26. The maximum atomic E-state index is 4.73. The van der Waals surface area contributed by atoms with Gasteiger partial charge in [-0.2, -0.15) is 12.6 Å². The van der Waals surface area contributed by atoms with Crippen molar-refractivity contribution in [1.29, 1.82) is 0 Å². The van der Waals surface area contributed by atoms with Crippen LogP contribution in [-0.4, -0.2) is 9.93 Å². The summed E-state index contributed by atoms with van der Waals surface area (Å²) in [6.07, 6.45) is 17.2. The molecule has 2 aromatic rings. The van der Waals surface area contributed by atoms with Gasteiger partial charge in [-0.15, -0.1) is 0 Å². The van der Waals surface area contributed by atoms with Crippen molar-refractivity contribution < 1.29 is 0 Å². The Morgan fingerprint density at radius 3 is 2.26 bits per heavy atom. The molecule has 3 heteroatoms. The van der Waals surface area contributed by atoms with Gasteiger partial charge < -0.3 is 5.43 Å². The first-order valence-corrected chi connectivity index (χ1v) is 17.4. The monoisotopic (exact) mass is 600 g/mol. The van der Waals surface area contributed by atoms with E-state index in [-0.39, 0.29) is 11.5 Å². The zero-order chi connectivity index (χ0) is 31.4. The smallest absolute Gasteiger partial charge is 0.0655 e. The van der Waals surface area contributed by atoms with Gasteiger partial charge in [0.15, 0.2) is 0 Å². The molecule has 1 aliphatic carbocycles. The molecule has 0 radical (unpaired) electrons. The molecule has 1 N–H and O–H groups in total. The third kappa shape index (κ3) is 11.6. The lowest BCUT2D eigenvalue weighted by molar-refractivity contribution is 0.381. The molecule has 1 heterocycles. The van der Waals surface area contributed by atoms with Crippen LogP contribution < -0.4 is 5.43 Å². The van der Waals surface area contributed by atoms with Gasteiger partial charge in [0.05, 0.1) is 11.7 Å². The number of thiol groups is 1. The van der Waals surface area contributed by atoms with E-state index in [4.69, 9.17) is 12.6 Å². The van der Waals surface area contributed by atoms with Crippen molar-refractivity contribution in [2.75, 3.05) is 5.43 Å². The number of hydrogen-bond donors (Lipinski definition) is 2. The SMILES string of the molecule is C=C(CC)Cc1ccn(NC(C)c2ccccc(C(C)(C)C)cccc2)c1C=C(C)C1CCCCCC(CC(C)S)CC1. The molecule has 1 aliphatic rings. The molecule has 1 aromatic carbocycles. The van der Waals surface area contributed by atoms with Gasteiger partial charge in [0.1, 0.15) is 0 Å². The summed E-state index contributed by atoms with van der Waals surface area (Å²) in [7, 11) is 0. The predicted molar refractivity (Wildman–Crippen MR) is 194 cm³/mol. The minimum atomic E-state index is 0.119. The second-order valence-electron chi connectivity index (χ2n) is 14.1. The van der Waals surface area contributed by atoms with Crippen molar-refractivity contribution in [2.24, 2.45) is 11.8 Å². The van der Waals surface area contributed by atoms with Gasteiger partial charge in [0.2, 0.25) is 0 Å². The predicted octanol–water partition coefficient (Wildman–Crippen LogP) is 11.8. The van der Waals surface area contributed by atoms with E-state index in [0.29, 0.717) is 11.2 Å². The molecule has 3 rings (SSSR count). The Hall–Kier alpha value is -2.39. The van der Waals surface area contributed by atoms with E-state index < -0.39 is 0 Å². The third-order valence-electron chi connectivity index (χ3n) is 9.27. The molecule has 0 saturated heterocycles. The molecule has 43 heavy (non-hydrogen) atoms. The fourth-order valence-corrected chi connectivity index (χ4v) is 6.67. The van der Waals surface area contributed by atoms with Crippen molar-refractivity contribution in [2.45, 2.75) is 129 Å². The van der Waals surface area contributed by atoms with Crippen LogP contribution in [0.25, 0.3) is 6.08 Å². The summed E-state index contributed by atoms with van der Waals surface area (Å²) >= 11 is 4.73. The maximum absolute atomic E-state index is 4.73. The average Bonchev–Trinajstić information content (AvgIpc) is 3.35. The molecule has 236 valence electrons. The Morgan fingerprint density at radius 2 is 1.63 bits per heavy atom. The largest absolute Gasteiger partial charge is 0.319 e. The lowest BCUT2D eigenvalue weighted by Gasteiger charge is -2.23. The molecular weight excluding hydrogens is 541 g/mol. The number of allylic oxidation sites excluding steroid dienone is 2. The van der Waals surface area contributed by atoms with Crippen LogP contribution >= 0.6 is 12.6 Å². The molecule has 1 aromatic heterocycles. The molecule has 1 fully saturated rings. The van der Waals surface area contributed by atoms with Crippen LogP contribution in [-0.2, 0) is 11.8 Å². The van der Waals surface area contributed by atoms with Gasteiger partial charge in [-0.25, -0.2) is 0 Å². The molecule has 0 amide bonds. The molecule has 0 aliphatic heterocycles. The molecule has 2 nitrogen and oxygen atoms in total. The zero-order valence-electron chi connectivity index (χ0n) is 28.3. The van der Waals surface area contributed by atoms with E-state index in [2.05, 4.69) is 132 Å². The normalized spacial score (nSPS) is 19.8. The summed E-state index contributed by atoms with van der Waals surface area (Å²) in [5, 5.41) is 0.493. The molecule has 0 bridgehead atoms. The van der Waals surface area contributed by atoms with Crippen molar-refractivity contribution in [3.8, 4) is 0 Å². The first-order chi connectivity index (χ1) is 20.5. The number of rotatable bonds is 10. The van der Waals surface area contributed by atoms with Crippen LogP contribution in [0.2, 0.25) is 0 Å². The zero-order valence-corrected chi connectivity index (χ0v) is 29.2. The van der Waals surface area contributed by atoms with Crippen molar-refractivity contribution >= 4 is 18.7 Å². The molecule has 0 spiro atoms. The van der Waals surface area contributed by atoms with Crippen LogP contribution in [0.4, 0.5) is 0 Å². The summed E-state index contributed by atoms with van der Waals surface area (Å²) in [6.45, 7) is 20.2. The van der Waals surface area contributed by atoms with Crippen LogP contribution in [0.3, 0.4) is 0 Å². The lowest BCUT2D eigenvalue weighted by atomic mass is 9.86. The fraction of sp³-hybridized carbons (Fsp3) is 0.550. The lowest BCUT2D eigenvalue weighted by Crippen LogP contribution is -2.19. The van der Waals surface area contributed by atoms with Gasteiger partial charge in [-0.3, -0.25) is 4.68 Å². The number of nitrogens with zero attached hydrogens (tertiary/aromatic N) is 1. The van der Waals surface area contributed by atoms with Crippen molar-refractivity contribution in [3.63, 3.8) is 0 Å². The van der Waals surface area contributed by atoms with E-state index >= 15 is 0 Å². The fourth-order valence-electron chi connectivity index (χ4n) is 6.37. The summed E-state index contributed by atoms with van der Waals surface area (Å²) in [5.74, 6) is 1.46. The Morgan fingerprint density at radius 1 is 0.977 bits per heavy atom. The highest BCUT2D eigenvalue weighted by Crippen LogP contribution is 2.33. The standard InChI is InChI=1S/C40H60N2S/c1-9-30(2)27-37-25-26-42(41-33(5)36-19-13-15-21-38(40(6,7)8)22-16-14-20-36)39(37)28-31(3)35-18-12-10-11-17-34(23-24-35)29-32(4)43/h13-16,19-22,25-26,28,32-35,41,43H,2,9-12,17-18,23-24,27,29H2,1,3-8H3. The van der Waals surface area contributed by atoms with Gasteiger partial charge in [0.25, 0.3) is 0 Å². The van der Waals surface area contributed by atoms with Crippen LogP contribution in [0.1, 0.15) is 135 Å². The van der Waals surface area contributed by atoms with Crippen LogP contribution in [0, 0.1) is 11.8 Å². The van der Waals surface area contributed by atoms with E-state index in [0.717, 1.165) is 18.8 Å². The Kier molecular flexibility index (Phi) is 14.0. The minimum Gasteiger partial charge on any atom is -0.319 e. The van der Waals surface area contributed by atoms with Gasteiger partial charge in [-0.1, -0.05) is 127 Å². The molecule has 1 saturated carbocycles. The third-order valence-corrected chi connectivity index (χ3v) is 9.49. The number of hydrogen-bond acceptors (Lipinski definition) is 2. The Labute approximate surface area is 270 Å². The van der Waals surface area contributed by atoms with Crippen LogP contribution in [0.5, 0.6) is 0 Å². The van der Waals surface area contributed by atoms with Gasteiger partial charge in [-0.05, 0) is 104 Å². The van der Waals surface area contributed by atoms with E-state index in [1.807, 2.05) is 0 Å². The Bertz CT molecular complexity index is 1220. The van der Waals surface area contributed by atoms with E-state index in [9.17, 15) is 0 Å². The maximum Gasteiger partial charge on any atom is 0.0655 e. The molecule has 4 atom stereocenters. The van der Waals surface area contributed by atoms with Crippen LogP contribution in [0.15, 0.2) is 78.5 Å². The first kappa shape index (κ1) is 35.1. The second kappa shape index (κ2) is 17.2. The molecular formula is C40H60N2S.